The van der Waals surface area contributed by atoms with E-state index in [1.807, 2.05) is 30.3 Å². The molecule has 0 spiro atoms. The van der Waals surface area contributed by atoms with Crippen LogP contribution in [0.25, 0.3) is 0 Å². The first-order chi connectivity index (χ1) is 9.66. The van der Waals surface area contributed by atoms with Gasteiger partial charge in [0, 0.05) is 0 Å². The average molecular weight is 337 g/mol. The topological polar surface area (TPSA) is 52.6 Å². The molecule has 0 radical (unpaired) electrons. The molecule has 4 rings (SSSR count). The molecule has 2 bridgehead atoms. The molecule has 1 aromatic carbocycles. The van der Waals surface area contributed by atoms with Gasteiger partial charge >= 0.3 is 123 Å². The second-order valence-corrected chi connectivity index (χ2v) is 7.50. The first kappa shape index (κ1) is 13.4. The van der Waals surface area contributed by atoms with Crippen LogP contribution in [0.1, 0.15) is 6.42 Å². The van der Waals surface area contributed by atoms with Gasteiger partial charge in [0.25, 0.3) is 0 Å². The first-order valence-electron chi connectivity index (χ1n) is 6.37. The summed E-state index contributed by atoms with van der Waals surface area (Å²) in [6.45, 7) is 0. The molecule has 2 heterocycles. The Bertz CT molecular complexity index is 568. The summed E-state index contributed by atoms with van der Waals surface area (Å²) in [6.07, 6.45) is 3.97. The molecule has 0 unspecified atom stereocenters. The van der Waals surface area contributed by atoms with Gasteiger partial charge in [-0.25, -0.2) is 0 Å². The maximum absolute atomic E-state index is 12.2. The number of carbonyl (C=O) groups is 2. The molecule has 1 fully saturated rings. The predicted molar refractivity (Wildman–Crippen MR) is 73.7 cm³/mol. The predicted octanol–water partition coefficient (Wildman–Crippen LogP) is 0.849. The number of benzene rings is 1. The normalized spacial score (nSPS) is 30.9. The molecule has 20 heavy (non-hydrogen) atoms. The Morgan fingerprint density at radius 2 is 2.15 bits per heavy atom. The fourth-order valence-electron chi connectivity index (χ4n) is 2.62. The maximum atomic E-state index is 12.2. The van der Waals surface area contributed by atoms with Crippen LogP contribution < -0.4 is 4.46 Å². The van der Waals surface area contributed by atoms with Crippen molar-refractivity contribution >= 4 is 31.4 Å². The summed E-state index contributed by atoms with van der Waals surface area (Å²) in [5, 5.41) is 0. The van der Waals surface area contributed by atoms with Crippen molar-refractivity contribution in [2.75, 3.05) is 7.11 Å². The fourth-order valence-corrected chi connectivity index (χ4v) is 5.53. The van der Waals surface area contributed by atoms with Gasteiger partial charge in [-0.3, -0.25) is 0 Å². The van der Waals surface area contributed by atoms with Crippen molar-refractivity contribution in [1.82, 2.24) is 0 Å². The van der Waals surface area contributed by atoms with Crippen molar-refractivity contribution in [2.24, 2.45) is 5.41 Å². The zero-order valence-electron chi connectivity index (χ0n) is 10.9. The summed E-state index contributed by atoms with van der Waals surface area (Å²) in [6, 6.07) is 9.95. The van der Waals surface area contributed by atoms with Gasteiger partial charge in [0.05, 0.1) is 0 Å². The van der Waals surface area contributed by atoms with Crippen molar-refractivity contribution in [2.45, 2.75) is 17.3 Å². The molecule has 3 aliphatic rings. The quantitative estimate of drug-likeness (QED) is 0.355. The number of ether oxygens (including phenoxy) is 2. The molecule has 5 heteroatoms. The van der Waals surface area contributed by atoms with Crippen LogP contribution in [0.2, 0.25) is 4.82 Å². The van der Waals surface area contributed by atoms with Gasteiger partial charge in [-0.15, -0.1) is 0 Å². The van der Waals surface area contributed by atoms with E-state index >= 15 is 0 Å². The molecule has 4 nitrogen and oxygen atoms in total. The van der Waals surface area contributed by atoms with E-state index in [1.165, 1.54) is 11.6 Å². The Hall–Kier alpha value is -1.58. The molecule has 0 saturated carbocycles. The Labute approximate surface area is 123 Å². The van der Waals surface area contributed by atoms with E-state index in [-0.39, 0.29) is 25.9 Å². The third-order valence-corrected chi connectivity index (χ3v) is 6.59. The van der Waals surface area contributed by atoms with Crippen LogP contribution >= 0.6 is 0 Å². The van der Waals surface area contributed by atoms with Gasteiger partial charge in [-0.2, -0.15) is 0 Å². The van der Waals surface area contributed by atoms with E-state index in [0.29, 0.717) is 6.42 Å². The van der Waals surface area contributed by atoms with Crippen molar-refractivity contribution in [1.29, 1.82) is 0 Å². The van der Waals surface area contributed by atoms with E-state index in [2.05, 4.69) is 0 Å². The van der Waals surface area contributed by atoms with E-state index in [9.17, 15) is 9.59 Å². The molecule has 3 atom stereocenters. The Morgan fingerprint density at radius 3 is 2.80 bits per heavy atom. The number of carbonyl (C=O) groups excluding carboxylic acids is 2. The standard InChI is InChI=1S/C15H14O4Se/c1-18-13(16)15-8-7-10(19-14(15)17)9-12(15)20-11-5-3-2-4-6-11/h2-8,10,12H,9H2,1H3/t10-,12+,15+/m1/s1. The van der Waals surface area contributed by atoms with Gasteiger partial charge in [-0.1, -0.05) is 0 Å². The van der Waals surface area contributed by atoms with Crippen molar-refractivity contribution in [3.63, 3.8) is 0 Å². The number of hydrogen-bond acceptors (Lipinski definition) is 4. The van der Waals surface area contributed by atoms with Crippen LogP contribution in [-0.2, 0) is 19.1 Å². The molecule has 104 valence electrons. The zero-order valence-corrected chi connectivity index (χ0v) is 12.7. The third kappa shape index (κ3) is 1.98. The van der Waals surface area contributed by atoms with E-state index in [0.717, 1.165) is 0 Å². The van der Waals surface area contributed by atoms with Gasteiger partial charge in [0.1, 0.15) is 0 Å². The first-order valence-corrected chi connectivity index (χ1v) is 8.22. The number of hydrogen-bond donors (Lipinski definition) is 0. The van der Waals surface area contributed by atoms with Crippen molar-refractivity contribution in [3.05, 3.63) is 42.5 Å². The number of methoxy groups -OCH3 is 1. The monoisotopic (exact) mass is 338 g/mol. The molecule has 1 aromatic rings. The summed E-state index contributed by atoms with van der Waals surface area (Å²) >= 11 is 0.0118. The van der Waals surface area contributed by atoms with Gasteiger partial charge < -0.3 is 0 Å². The Kier molecular flexibility index (Phi) is 3.40. The SMILES string of the molecule is COC(=O)[C@]12C=C[C@H](C[C@@H]1[Se]c1ccccc1)OC2=O. The summed E-state index contributed by atoms with van der Waals surface area (Å²) in [7, 11) is 1.31. The van der Waals surface area contributed by atoms with Crippen LogP contribution in [0.15, 0.2) is 42.5 Å². The van der Waals surface area contributed by atoms with Gasteiger partial charge in [0.2, 0.25) is 0 Å². The van der Waals surface area contributed by atoms with Crippen LogP contribution in [-0.4, -0.2) is 40.1 Å². The third-order valence-electron chi connectivity index (χ3n) is 3.67. The van der Waals surface area contributed by atoms with Crippen molar-refractivity contribution < 1.29 is 19.1 Å². The fraction of sp³-hybridized carbons (Fsp3) is 0.333. The summed E-state index contributed by atoms with van der Waals surface area (Å²) in [4.78, 5) is 24.4. The summed E-state index contributed by atoms with van der Waals surface area (Å²) in [5.74, 6) is -0.981. The second-order valence-electron chi connectivity index (χ2n) is 4.82. The summed E-state index contributed by atoms with van der Waals surface area (Å²) in [5.41, 5.74) is -1.25. The second kappa shape index (κ2) is 5.08. The Balaban J connectivity index is 1.96. The molecular formula is C15H14O4Se. The van der Waals surface area contributed by atoms with E-state index < -0.39 is 17.4 Å². The minimum absolute atomic E-state index is 0.0118. The number of rotatable bonds is 3. The Morgan fingerprint density at radius 1 is 1.40 bits per heavy atom. The molecule has 0 amide bonds. The molecule has 0 aromatic heterocycles. The van der Waals surface area contributed by atoms with Crippen LogP contribution in [0.3, 0.4) is 0 Å². The van der Waals surface area contributed by atoms with Gasteiger partial charge in [-0.05, 0) is 0 Å². The molecule has 1 aliphatic carbocycles. The molecule has 1 saturated heterocycles. The van der Waals surface area contributed by atoms with Crippen molar-refractivity contribution in [3.8, 4) is 0 Å². The van der Waals surface area contributed by atoms with Crippen LogP contribution in [0.4, 0.5) is 0 Å². The van der Waals surface area contributed by atoms with Crippen LogP contribution in [0, 0.1) is 5.41 Å². The number of esters is 2. The molecule has 2 aliphatic heterocycles. The number of fused-ring (bicyclic) bond motifs is 2. The average Bonchev–Trinajstić information content (AvgIpc) is 2.48. The zero-order chi connectivity index (χ0) is 14.2. The molecular weight excluding hydrogens is 323 g/mol. The molecule has 0 N–H and O–H groups in total. The van der Waals surface area contributed by atoms with Gasteiger partial charge in [0.15, 0.2) is 0 Å². The minimum atomic E-state index is -1.25. The summed E-state index contributed by atoms with van der Waals surface area (Å²) < 4.78 is 11.3. The van der Waals surface area contributed by atoms with E-state index in [4.69, 9.17) is 9.47 Å². The van der Waals surface area contributed by atoms with E-state index in [1.54, 1.807) is 12.2 Å². The van der Waals surface area contributed by atoms with Crippen LogP contribution in [0.5, 0.6) is 0 Å².